The highest BCUT2D eigenvalue weighted by atomic mass is 35.5. The van der Waals surface area contributed by atoms with Crippen LogP contribution in [0.25, 0.3) is 0 Å². The van der Waals surface area contributed by atoms with E-state index in [2.05, 4.69) is 0 Å². The van der Waals surface area contributed by atoms with Gasteiger partial charge in [0.25, 0.3) is 0 Å². The lowest BCUT2D eigenvalue weighted by molar-refractivity contribution is -0.236. The van der Waals surface area contributed by atoms with Crippen LogP contribution < -0.4 is 0 Å². The van der Waals surface area contributed by atoms with Gasteiger partial charge in [-0.05, 0) is 54.2 Å². The molecular formula is C20H21ClO5. The van der Waals surface area contributed by atoms with Crippen molar-refractivity contribution in [2.45, 2.75) is 49.3 Å². The van der Waals surface area contributed by atoms with Gasteiger partial charge in [0.1, 0.15) is 30.2 Å². The van der Waals surface area contributed by atoms with Crippen molar-refractivity contribution in [1.82, 2.24) is 0 Å². The molecule has 0 amide bonds. The maximum Gasteiger partial charge on any atom is 0.115 e. The van der Waals surface area contributed by atoms with Crippen LogP contribution in [-0.2, 0) is 11.2 Å². The van der Waals surface area contributed by atoms with Crippen LogP contribution in [0.2, 0.25) is 5.02 Å². The van der Waals surface area contributed by atoms with E-state index < -0.39 is 30.0 Å². The predicted octanol–water partition coefficient (Wildman–Crippen LogP) is 2.32. The van der Waals surface area contributed by atoms with E-state index in [1.54, 1.807) is 24.3 Å². The number of benzene rings is 2. The summed E-state index contributed by atoms with van der Waals surface area (Å²) in [5.41, 5.74) is 1.81. The quantitative estimate of drug-likeness (QED) is 0.660. The minimum atomic E-state index is -1.24. The number of aliphatic hydroxyl groups excluding tert-OH is 3. The first-order valence-corrected chi connectivity index (χ1v) is 9.06. The fourth-order valence-electron chi connectivity index (χ4n) is 3.61. The molecule has 5 nitrogen and oxygen atoms in total. The lowest BCUT2D eigenvalue weighted by Crippen LogP contribution is -2.55. The minimum absolute atomic E-state index is 0.203. The lowest BCUT2D eigenvalue weighted by atomic mass is 9.89. The maximum atomic E-state index is 10.4. The highest BCUT2D eigenvalue weighted by molar-refractivity contribution is 6.31. The van der Waals surface area contributed by atoms with Gasteiger partial charge in [-0.1, -0.05) is 35.9 Å². The number of hydrogen-bond donors (Lipinski definition) is 4. The molecule has 0 aromatic heterocycles. The molecule has 2 aromatic carbocycles. The number of ether oxygens (including phenoxy) is 1. The lowest BCUT2D eigenvalue weighted by Gasteiger charge is -2.41. The number of rotatable bonds is 3. The summed E-state index contributed by atoms with van der Waals surface area (Å²) >= 11 is 6.33. The first-order chi connectivity index (χ1) is 12.4. The smallest absolute Gasteiger partial charge is 0.115 e. The molecule has 1 heterocycles. The van der Waals surface area contributed by atoms with Crippen LogP contribution >= 0.6 is 11.6 Å². The standard InChI is InChI=1S/C20H21ClO5/c21-15-6-3-12(10-13(15)9-11-1-4-14(22)5-2-11)18-16(23)17(24)19(25)20(26-18)7-8-20/h1-6,10,16-19,22-25H,7-9H2/t16-,17-,18+,19+/m1/s1. The summed E-state index contributed by atoms with van der Waals surface area (Å²) in [6.07, 6.45) is -2.34. The molecule has 4 rings (SSSR count). The molecule has 1 spiro atoms. The number of phenolic OH excluding ortho intramolecular Hbond substituents is 1. The Bertz CT molecular complexity index is 802. The molecule has 4 atom stereocenters. The van der Waals surface area contributed by atoms with Gasteiger partial charge in [-0.3, -0.25) is 0 Å². The second-order valence-electron chi connectivity index (χ2n) is 7.22. The highest BCUT2D eigenvalue weighted by Gasteiger charge is 2.60. The third-order valence-corrected chi connectivity index (χ3v) is 5.73. The fraction of sp³-hybridized carbons (Fsp3) is 0.400. The van der Waals surface area contributed by atoms with Crippen LogP contribution in [0.1, 0.15) is 35.6 Å². The monoisotopic (exact) mass is 376 g/mol. The Morgan fingerprint density at radius 1 is 1.00 bits per heavy atom. The van der Waals surface area contributed by atoms with Gasteiger partial charge in [-0.15, -0.1) is 0 Å². The van der Waals surface area contributed by atoms with Gasteiger partial charge in [0.15, 0.2) is 0 Å². The van der Waals surface area contributed by atoms with Gasteiger partial charge in [0.05, 0.1) is 5.60 Å². The van der Waals surface area contributed by atoms with Gasteiger partial charge in [-0.2, -0.15) is 0 Å². The molecule has 1 saturated carbocycles. The van der Waals surface area contributed by atoms with Crippen molar-refractivity contribution >= 4 is 11.6 Å². The molecule has 2 aliphatic rings. The van der Waals surface area contributed by atoms with Gasteiger partial charge < -0.3 is 25.2 Å². The highest BCUT2D eigenvalue weighted by Crippen LogP contribution is 2.51. The number of phenols is 1. The number of aromatic hydroxyl groups is 1. The van der Waals surface area contributed by atoms with E-state index in [4.69, 9.17) is 16.3 Å². The molecule has 1 aliphatic heterocycles. The second kappa shape index (κ2) is 6.51. The maximum absolute atomic E-state index is 10.4. The number of hydrogen-bond acceptors (Lipinski definition) is 5. The Hall–Kier alpha value is -1.63. The molecule has 0 bridgehead atoms. The molecule has 1 aliphatic carbocycles. The van der Waals surface area contributed by atoms with Crippen LogP contribution in [0.4, 0.5) is 0 Å². The van der Waals surface area contributed by atoms with Crippen molar-refractivity contribution in [3.8, 4) is 5.75 Å². The second-order valence-corrected chi connectivity index (χ2v) is 7.63. The zero-order chi connectivity index (χ0) is 18.5. The van der Waals surface area contributed by atoms with Crippen molar-refractivity contribution in [3.63, 3.8) is 0 Å². The van der Waals surface area contributed by atoms with Gasteiger partial charge in [0, 0.05) is 5.02 Å². The topological polar surface area (TPSA) is 90.2 Å². The van der Waals surface area contributed by atoms with E-state index in [-0.39, 0.29) is 5.75 Å². The van der Waals surface area contributed by atoms with E-state index in [1.165, 1.54) is 0 Å². The summed E-state index contributed by atoms with van der Waals surface area (Å²) < 4.78 is 5.99. The largest absolute Gasteiger partial charge is 0.508 e. The number of aliphatic hydroxyl groups is 3. The van der Waals surface area contributed by atoms with Crippen molar-refractivity contribution < 1.29 is 25.2 Å². The number of halogens is 1. The average Bonchev–Trinajstić information content (AvgIpc) is 3.41. The fourth-order valence-corrected chi connectivity index (χ4v) is 3.80. The molecule has 4 N–H and O–H groups in total. The summed E-state index contributed by atoms with van der Waals surface area (Å²) in [4.78, 5) is 0. The molecule has 0 radical (unpaired) electrons. The van der Waals surface area contributed by atoms with Crippen molar-refractivity contribution in [2.24, 2.45) is 0 Å². The summed E-state index contributed by atoms with van der Waals surface area (Å²) in [5.74, 6) is 0.203. The van der Waals surface area contributed by atoms with Crippen molar-refractivity contribution in [3.05, 3.63) is 64.2 Å². The van der Waals surface area contributed by atoms with Crippen LogP contribution in [0, 0.1) is 0 Å². The average molecular weight is 377 g/mol. The molecule has 26 heavy (non-hydrogen) atoms. The molecule has 0 unspecified atom stereocenters. The molecule has 6 heteroatoms. The molecule has 138 valence electrons. The van der Waals surface area contributed by atoms with Crippen LogP contribution in [0.3, 0.4) is 0 Å². The summed E-state index contributed by atoms with van der Waals surface area (Å²) in [6, 6.07) is 12.3. The Balaban J connectivity index is 1.62. The van der Waals surface area contributed by atoms with E-state index in [0.717, 1.165) is 11.1 Å². The third-order valence-electron chi connectivity index (χ3n) is 5.36. The zero-order valence-electron chi connectivity index (χ0n) is 14.0. The molecule has 2 fully saturated rings. The van der Waals surface area contributed by atoms with E-state index in [9.17, 15) is 20.4 Å². The minimum Gasteiger partial charge on any atom is -0.508 e. The van der Waals surface area contributed by atoms with Gasteiger partial charge >= 0.3 is 0 Å². The Labute approximate surface area is 156 Å². The van der Waals surface area contributed by atoms with Crippen LogP contribution in [0.15, 0.2) is 42.5 Å². The first kappa shape index (κ1) is 17.8. The van der Waals surface area contributed by atoms with Gasteiger partial charge in [0.2, 0.25) is 0 Å². The predicted molar refractivity (Wildman–Crippen MR) is 96.2 cm³/mol. The Morgan fingerprint density at radius 2 is 1.69 bits per heavy atom. The molecular weight excluding hydrogens is 356 g/mol. The molecule has 1 saturated heterocycles. The van der Waals surface area contributed by atoms with Crippen LogP contribution in [0.5, 0.6) is 5.75 Å². The van der Waals surface area contributed by atoms with Crippen molar-refractivity contribution in [2.75, 3.05) is 0 Å². The van der Waals surface area contributed by atoms with Crippen molar-refractivity contribution in [1.29, 1.82) is 0 Å². The SMILES string of the molecule is Oc1ccc(Cc2cc([C@@H]3OC4(CC4)[C@@H](O)[C@H](O)[C@H]3O)ccc2Cl)cc1. The summed E-state index contributed by atoms with van der Waals surface area (Å²) in [7, 11) is 0. The van der Waals surface area contributed by atoms with Crippen LogP contribution in [-0.4, -0.2) is 44.3 Å². The zero-order valence-corrected chi connectivity index (χ0v) is 14.8. The summed E-state index contributed by atoms with van der Waals surface area (Å²) in [6.45, 7) is 0. The Morgan fingerprint density at radius 3 is 2.35 bits per heavy atom. The van der Waals surface area contributed by atoms with E-state index in [0.29, 0.717) is 29.8 Å². The van der Waals surface area contributed by atoms with E-state index >= 15 is 0 Å². The van der Waals surface area contributed by atoms with E-state index in [1.807, 2.05) is 18.2 Å². The third kappa shape index (κ3) is 3.10. The molecule has 2 aromatic rings. The normalized spacial score (nSPS) is 29.7. The Kier molecular flexibility index (Phi) is 4.45. The summed E-state index contributed by atoms with van der Waals surface area (Å²) in [5, 5.41) is 40.8. The first-order valence-electron chi connectivity index (χ1n) is 8.68. The van der Waals surface area contributed by atoms with Gasteiger partial charge in [-0.25, -0.2) is 0 Å².